The lowest BCUT2D eigenvalue weighted by Crippen LogP contribution is -2.31. The Morgan fingerprint density at radius 1 is 1.28 bits per heavy atom. The SMILES string of the molecule is CCCC(C)(C)S(=O)(=O)c1nc2ccccc2s1. The van der Waals surface area contributed by atoms with Gasteiger partial charge in [-0.1, -0.05) is 25.5 Å². The van der Waals surface area contributed by atoms with Crippen molar-refractivity contribution in [3.63, 3.8) is 0 Å². The molecule has 0 bridgehead atoms. The number of fused-ring (bicyclic) bond motifs is 1. The van der Waals surface area contributed by atoms with Crippen LogP contribution in [0.5, 0.6) is 0 Å². The number of para-hydroxylation sites is 1. The second-order valence-electron chi connectivity index (χ2n) is 4.96. The standard InChI is InChI=1S/C13H17NO2S2/c1-4-9-13(2,3)18(15,16)12-14-10-7-5-6-8-11(10)17-12/h5-8H,4,9H2,1-3H3. The van der Waals surface area contributed by atoms with Gasteiger partial charge in [0.05, 0.1) is 15.0 Å². The molecule has 2 aromatic rings. The molecular weight excluding hydrogens is 266 g/mol. The summed E-state index contributed by atoms with van der Waals surface area (Å²) in [5.41, 5.74) is 0.758. The molecule has 1 aromatic heterocycles. The van der Waals surface area contributed by atoms with E-state index < -0.39 is 14.6 Å². The van der Waals surface area contributed by atoms with Gasteiger partial charge < -0.3 is 0 Å². The maximum absolute atomic E-state index is 12.6. The van der Waals surface area contributed by atoms with Crippen molar-refractivity contribution in [3.05, 3.63) is 24.3 Å². The van der Waals surface area contributed by atoms with Crippen LogP contribution < -0.4 is 0 Å². The summed E-state index contributed by atoms with van der Waals surface area (Å²) in [6.07, 6.45) is 1.49. The van der Waals surface area contributed by atoms with E-state index in [2.05, 4.69) is 4.98 Å². The van der Waals surface area contributed by atoms with Gasteiger partial charge >= 0.3 is 0 Å². The summed E-state index contributed by atoms with van der Waals surface area (Å²) in [5, 5.41) is 0. The first-order valence-electron chi connectivity index (χ1n) is 5.99. The minimum atomic E-state index is -3.36. The highest BCUT2D eigenvalue weighted by molar-refractivity contribution is 7.94. The molecule has 1 heterocycles. The van der Waals surface area contributed by atoms with E-state index in [1.165, 1.54) is 11.3 Å². The molecule has 0 aliphatic carbocycles. The molecule has 0 amide bonds. The molecule has 18 heavy (non-hydrogen) atoms. The van der Waals surface area contributed by atoms with E-state index in [1.807, 2.05) is 31.2 Å². The summed E-state index contributed by atoms with van der Waals surface area (Å²) in [4.78, 5) is 4.26. The van der Waals surface area contributed by atoms with Crippen molar-refractivity contribution in [2.75, 3.05) is 0 Å². The minimum Gasteiger partial charge on any atom is -0.225 e. The number of hydrogen-bond acceptors (Lipinski definition) is 4. The highest BCUT2D eigenvalue weighted by Crippen LogP contribution is 2.34. The average Bonchev–Trinajstić information content (AvgIpc) is 2.72. The summed E-state index contributed by atoms with van der Waals surface area (Å²) >= 11 is 1.26. The molecule has 0 aliphatic heterocycles. The quantitative estimate of drug-likeness (QED) is 0.860. The van der Waals surface area contributed by atoms with Crippen LogP contribution in [0.4, 0.5) is 0 Å². The minimum absolute atomic E-state index is 0.238. The molecule has 3 nitrogen and oxygen atoms in total. The topological polar surface area (TPSA) is 47.0 Å². The number of sulfone groups is 1. The van der Waals surface area contributed by atoms with Gasteiger partial charge in [-0.2, -0.15) is 0 Å². The van der Waals surface area contributed by atoms with Gasteiger partial charge in [0.1, 0.15) is 0 Å². The van der Waals surface area contributed by atoms with Crippen molar-refractivity contribution in [2.24, 2.45) is 0 Å². The second kappa shape index (κ2) is 4.63. The molecular formula is C13H17NO2S2. The third-order valence-corrected chi connectivity index (χ3v) is 7.03. The van der Waals surface area contributed by atoms with Gasteiger partial charge in [0.15, 0.2) is 0 Å². The fourth-order valence-electron chi connectivity index (χ4n) is 1.94. The van der Waals surface area contributed by atoms with E-state index in [1.54, 1.807) is 13.8 Å². The Hall–Kier alpha value is -0.940. The van der Waals surface area contributed by atoms with E-state index >= 15 is 0 Å². The number of rotatable bonds is 4. The zero-order valence-corrected chi connectivity index (χ0v) is 12.4. The zero-order chi connectivity index (χ0) is 13.4. The van der Waals surface area contributed by atoms with Gasteiger partial charge in [-0.25, -0.2) is 13.4 Å². The van der Waals surface area contributed by atoms with Gasteiger partial charge in [0, 0.05) is 0 Å². The molecule has 0 atom stereocenters. The van der Waals surface area contributed by atoms with Crippen molar-refractivity contribution in [2.45, 2.75) is 42.7 Å². The fourth-order valence-corrected chi connectivity index (χ4v) is 5.18. The van der Waals surface area contributed by atoms with Gasteiger partial charge in [0.2, 0.25) is 14.2 Å². The van der Waals surface area contributed by atoms with Crippen LogP contribution in [-0.2, 0) is 9.84 Å². The number of aromatic nitrogens is 1. The first kappa shape index (κ1) is 13.5. The van der Waals surface area contributed by atoms with Crippen LogP contribution in [0.3, 0.4) is 0 Å². The Balaban J connectivity index is 2.53. The lowest BCUT2D eigenvalue weighted by Gasteiger charge is -2.22. The van der Waals surface area contributed by atoms with Crippen molar-refractivity contribution in [3.8, 4) is 0 Å². The van der Waals surface area contributed by atoms with Crippen LogP contribution in [0.25, 0.3) is 10.2 Å². The summed E-state index contributed by atoms with van der Waals surface area (Å²) in [6, 6.07) is 7.51. The van der Waals surface area contributed by atoms with Gasteiger partial charge in [0.25, 0.3) is 0 Å². The lowest BCUT2D eigenvalue weighted by molar-refractivity contribution is 0.522. The summed E-state index contributed by atoms with van der Waals surface area (Å²) in [5.74, 6) is 0. The molecule has 5 heteroatoms. The van der Waals surface area contributed by atoms with Crippen molar-refractivity contribution in [1.82, 2.24) is 4.98 Å². The molecule has 0 unspecified atom stereocenters. The van der Waals surface area contributed by atoms with Crippen molar-refractivity contribution >= 4 is 31.4 Å². The number of nitrogens with zero attached hydrogens (tertiary/aromatic N) is 1. The first-order valence-corrected chi connectivity index (χ1v) is 8.28. The fraction of sp³-hybridized carbons (Fsp3) is 0.462. The summed E-state index contributed by atoms with van der Waals surface area (Å²) in [6.45, 7) is 5.55. The smallest absolute Gasteiger partial charge is 0.210 e. The third-order valence-electron chi connectivity index (χ3n) is 3.08. The molecule has 0 aliphatic rings. The Morgan fingerprint density at radius 3 is 2.56 bits per heavy atom. The molecule has 0 saturated heterocycles. The van der Waals surface area contributed by atoms with E-state index in [0.29, 0.717) is 6.42 Å². The van der Waals surface area contributed by atoms with Crippen LogP contribution >= 0.6 is 11.3 Å². The average molecular weight is 283 g/mol. The van der Waals surface area contributed by atoms with Crippen LogP contribution in [0.2, 0.25) is 0 Å². The third kappa shape index (κ3) is 2.17. The molecule has 0 fully saturated rings. The number of hydrogen-bond donors (Lipinski definition) is 0. The van der Waals surface area contributed by atoms with Crippen LogP contribution in [0, 0.1) is 0 Å². The van der Waals surface area contributed by atoms with Gasteiger partial charge in [-0.15, -0.1) is 11.3 Å². The predicted molar refractivity (Wildman–Crippen MR) is 75.8 cm³/mol. The molecule has 0 N–H and O–H groups in total. The Morgan fingerprint density at radius 2 is 1.94 bits per heavy atom. The summed E-state index contributed by atoms with van der Waals surface area (Å²) in [7, 11) is -3.36. The summed E-state index contributed by atoms with van der Waals surface area (Å²) < 4.78 is 25.5. The number of thiazole rings is 1. The van der Waals surface area contributed by atoms with Crippen LogP contribution in [-0.4, -0.2) is 18.1 Å². The molecule has 1 aromatic carbocycles. The largest absolute Gasteiger partial charge is 0.225 e. The Kier molecular flexibility index (Phi) is 3.47. The molecule has 98 valence electrons. The Bertz CT molecular complexity index is 623. The second-order valence-corrected chi connectivity index (χ2v) is 8.75. The van der Waals surface area contributed by atoms with Crippen molar-refractivity contribution in [1.29, 1.82) is 0 Å². The molecule has 0 spiro atoms. The van der Waals surface area contributed by atoms with Crippen LogP contribution in [0.15, 0.2) is 28.6 Å². The monoisotopic (exact) mass is 283 g/mol. The van der Waals surface area contributed by atoms with Gasteiger partial charge in [-0.3, -0.25) is 0 Å². The lowest BCUT2D eigenvalue weighted by atomic mass is 10.1. The molecule has 0 radical (unpaired) electrons. The normalized spacial score (nSPS) is 13.1. The number of benzene rings is 1. The maximum Gasteiger partial charge on any atom is 0.210 e. The van der Waals surface area contributed by atoms with Gasteiger partial charge in [-0.05, 0) is 32.4 Å². The van der Waals surface area contributed by atoms with E-state index in [0.717, 1.165) is 16.6 Å². The van der Waals surface area contributed by atoms with Crippen molar-refractivity contribution < 1.29 is 8.42 Å². The van der Waals surface area contributed by atoms with E-state index in [9.17, 15) is 8.42 Å². The van der Waals surface area contributed by atoms with Crippen LogP contribution in [0.1, 0.15) is 33.6 Å². The molecule has 2 rings (SSSR count). The predicted octanol–water partition coefficient (Wildman–Crippen LogP) is 3.65. The van der Waals surface area contributed by atoms with E-state index in [4.69, 9.17) is 0 Å². The molecule has 0 saturated carbocycles. The first-order chi connectivity index (χ1) is 8.38. The maximum atomic E-state index is 12.6. The highest BCUT2D eigenvalue weighted by Gasteiger charge is 2.37. The highest BCUT2D eigenvalue weighted by atomic mass is 32.2. The Labute approximate surface area is 112 Å². The zero-order valence-electron chi connectivity index (χ0n) is 10.8. The van der Waals surface area contributed by atoms with E-state index in [-0.39, 0.29) is 4.34 Å².